The molecule has 0 fully saturated rings. The van der Waals surface area contributed by atoms with E-state index in [-0.39, 0.29) is 12.1 Å². The maximum absolute atomic E-state index is 6.04. The molecule has 0 saturated carbocycles. The van der Waals surface area contributed by atoms with Gasteiger partial charge < -0.3 is 10.5 Å². The van der Waals surface area contributed by atoms with Gasteiger partial charge in [0.2, 0.25) is 0 Å². The van der Waals surface area contributed by atoms with Gasteiger partial charge in [0.25, 0.3) is 0 Å². The number of benzene rings is 1. The minimum atomic E-state index is 0.183. The Labute approximate surface area is 118 Å². The van der Waals surface area contributed by atoms with Crippen molar-refractivity contribution in [1.82, 2.24) is 14.8 Å². The maximum atomic E-state index is 6.04. The van der Waals surface area contributed by atoms with Crippen LogP contribution < -0.4 is 10.5 Å². The Morgan fingerprint density at radius 1 is 1.45 bits per heavy atom. The highest BCUT2D eigenvalue weighted by atomic mass is 16.5. The van der Waals surface area contributed by atoms with Gasteiger partial charge in [-0.3, -0.25) is 0 Å². The highest BCUT2D eigenvalue weighted by Crippen LogP contribution is 2.32. The molecule has 1 unspecified atom stereocenters. The van der Waals surface area contributed by atoms with Crippen molar-refractivity contribution in [1.29, 1.82) is 0 Å². The van der Waals surface area contributed by atoms with Crippen molar-refractivity contribution in [2.75, 3.05) is 0 Å². The van der Waals surface area contributed by atoms with Crippen LogP contribution in [0.25, 0.3) is 0 Å². The van der Waals surface area contributed by atoms with Gasteiger partial charge in [-0.25, -0.2) is 9.67 Å². The van der Waals surface area contributed by atoms with Crippen LogP contribution in [0.15, 0.2) is 24.5 Å². The minimum absolute atomic E-state index is 0.183. The van der Waals surface area contributed by atoms with Crippen molar-refractivity contribution in [2.24, 2.45) is 5.73 Å². The first-order valence-electron chi connectivity index (χ1n) is 7.04. The number of hydrogen-bond acceptors (Lipinski definition) is 4. The topological polar surface area (TPSA) is 66.0 Å². The lowest BCUT2D eigenvalue weighted by atomic mass is 10.1. The fraction of sp³-hybridized carbons (Fsp3) is 0.467. The van der Waals surface area contributed by atoms with Gasteiger partial charge in [0.05, 0.1) is 0 Å². The van der Waals surface area contributed by atoms with E-state index < -0.39 is 0 Å². The van der Waals surface area contributed by atoms with Crippen molar-refractivity contribution < 1.29 is 4.74 Å². The first kappa shape index (κ1) is 13.1. The average Bonchev–Trinajstić information content (AvgIpc) is 3.03. The first-order valence-corrected chi connectivity index (χ1v) is 7.04. The van der Waals surface area contributed by atoms with E-state index in [1.165, 1.54) is 11.1 Å². The highest BCUT2D eigenvalue weighted by Gasteiger charge is 2.19. The molecule has 2 aromatic rings. The second-order valence-electron chi connectivity index (χ2n) is 5.51. The van der Waals surface area contributed by atoms with Gasteiger partial charge in [-0.15, -0.1) is 0 Å². The summed E-state index contributed by atoms with van der Waals surface area (Å²) in [5.41, 5.74) is 8.60. The smallest absolute Gasteiger partial charge is 0.165 e. The standard InChI is InChI=1S/C15H20N4O/c1-10(2)19-15(17-9-18-19)8-20-12-4-5-13-11(7-12)3-6-14(13)16/h4-5,7,9-10,14H,3,6,8,16H2,1-2H3. The Bertz CT molecular complexity index is 606. The van der Waals surface area contributed by atoms with Crippen LogP contribution in [0, 0.1) is 0 Å². The lowest BCUT2D eigenvalue weighted by Gasteiger charge is -2.11. The summed E-state index contributed by atoms with van der Waals surface area (Å²) in [6.07, 6.45) is 3.64. The maximum Gasteiger partial charge on any atom is 0.165 e. The van der Waals surface area contributed by atoms with Gasteiger partial charge in [-0.05, 0) is 49.9 Å². The van der Waals surface area contributed by atoms with Crippen LogP contribution in [0.2, 0.25) is 0 Å². The van der Waals surface area contributed by atoms with Gasteiger partial charge >= 0.3 is 0 Å². The van der Waals surface area contributed by atoms with Gasteiger partial charge in [0.1, 0.15) is 18.7 Å². The first-order chi connectivity index (χ1) is 9.65. The van der Waals surface area contributed by atoms with E-state index in [1.54, 1.807) is 6.33 Å². The van der Waals surface area contributed by atoms with Crippen LogP contribution in [0.3, 0.4) is 0 Å². The molecule has 1 atom stereocenters. The third-order valence-corrected chi connectivity index (χ3v) is 3.74. The Morgan fingerprint density at radius 3 is 3.10 bits per heavy atom. The number of aryl methyl sites for hydroxylation is 1. The lowest BCUT2D eigenvalue weighted by Crippen LogP contribution is -2.11. The summed E-state index contributed by atoms with van der Waals surface area (Å²) in [6, 6.07) is 6.63. The summed E-state index contributed by atoms with van der Waals surface area (Å²) < 4.78 is 7.72. The molecule has 1 aromatic heterocycles. The van der Waals surface area contributed by atoms with Crippen LogP contribution in [0.1, 0.15) is 49.3 Å². The monoisotopic (exact) mass is 272 g/mol. The van der Waals surface area contributed by atoms with E-state index >= 15 is 0 Å². The number of fused-ring (bicyclic) bond motifs is 1. The fourth-order valence-corrected chi connectivity index (χ4v) is 2.67. The van der Waals surface area contributed by atoms with Gasteiger partial charge in [0.15, 0.2) is 5.82 Å². The summed E-state index contributed by atoms with van der Waals surface area (Å²) in [4.78, 5) is 4.24. The number of ether oxygens (including phenoxy) is 1. The number of nitrogens with two attached hydrogens (primary N) is 1. The summed E-state index contributed by atoms with van der Waals surface area (Å²) in [7, 11) is 0. The van der Waals surface area contributed by atoms with E-state index in [2.05, 4.69) is 36.1 Å². The van der Waals surface area contributed by atoms with Crippen LogP contribution in [0.4, 0.5) is 0 Å². The zero-order chi connectivity index (χ0) is 14.1. The number of aromatic nitrogens is 3. The molecule has 0 bridgehead atoms. The minimum Gasteiger partial charge on any atom is -0.486 e. The molecule has 2 N–H and O–H groups in total. The van der Waals surface area contributed by atoms with E-state index in [1.807, 2.05) is 10.7 Å². The third kappa shape index (κ3) is 2.41. The van der Waals surface area contributed by atoms with Gasteiger partial charge in [-0.1, -0.05) is 6.07 Å². The summed E-state index contributed by atoms with van der Waals surface area (Å²) >= 11 is 0. The fourth-order valence-electron chi connectivity index (χ4n) is 2.67. The number of hydrogen-bond donors (Lipinski definition) is 1. The predicted octanol–water partition coefficient (Wildman–Crippen LogP) is 2.38. The van der Waals surface area contributed by atoms with E-state index in [0.29, 0.717) is 6.61 Å². The van der Waals surface area contributed by atoms with E-state index in [0.717, 1.165) is 24.4 Å². The highest BCUT2D eigenvalue weighted by molar-refractivity contribution is 5.40. The zero-order valence-electron chi connectivity index (χ0n) is 11.9. The predicted molar refractivity (Wildman–Crippen MR) is 76.4 cm³/mol. The summed E-state index contributed by atoms with van der Waals surface area (Å²) in [5, 5.41) is 4.20. The van der Waals surface area contributed by atoms with Gasteiger partial charge in [-0.2, -0.15) is 5.10 Å². The molecule has 3 rings (SSSR count). The molecule has 1 aliphatic rings. The second-order valence-corrected chi connectivity index (χ2v) is 5.51. The van der Waals surface area contributed by atoms with Crippen LogP contribution in [-0.4, -0.2) is 14.8 Å². The molecule has 5 nitrogen and oxygen atoms in total. The molecule has 1 heterocycles. The molecule has 1 aliphatic carbocycles. The Morgan fingerprint density at radius 2 is 2.30 bits per heavy atom. The SMILES string of the molecule is CC(C)n1ncnc1COc1ccc2c(c1)CCC2N. The number of rotatable bonds is 4. The molecular weight excluding hydrogens is 252 g/mol. The molecule has 1 aromatic carbocycles. The quantitative estimate of drug-likeness (QED) is 0.928. The molecule has 0 amide bonds. The van der Waals surface area contributed by atoms with Crippen LogP contribution >= 0.6 is 0 Å². The largest absolute Gasteiger partial charge is 0.486 e. The Kier molecular flexibility index (Phi) is 3.44. The molecule has 0 aliphatic heterocycles. The van der Waals surface area contributed by atoms with Crippen molar-refractivity contribution in [3.63, 3.8) is 0 Å². The Balaban J connectivity index is 1.71. The Hall–Kier alpha value is -1.88. The van der Waals surface area contributed by atoms with Crippen molar-refractivity contribution >= 4 is 0 Å². The number of nitrogens with zero attached hydrogens (tertiary/aromatic N) is 3. The van der Waals surface area contributed by atoms with E-state index in [9.17, 15) is 0 Å². The average molecular weight is 272 g/mol. The summed E-state index contributed by atoms with van der Waals surface area (Å²) in [5.74, 6) is 1.72. The molecule has 5 heteroatoms. The van der Waals surface area contributed by atoms with Crippen LogP contribution in [0.5, 0.6) is 5.75 Å². The molecule has 106 valence electrons. The molecule has 0 saturated heterocycles. The van der Waals surface area contributed by atoms with Crippen molar-refractivity contribution in [3.05, 3.63) is 41.5 Å². The molecule has 0 spiro atoms. The molecule has 20 heavy (non-hydrogen) atoms. The second kappa shape index (κ2) is 5.25. The van der Waals surface area contributed by atoms with E-state index in [4.69, 9.17) is 10.5 Å². The molecule has 0 radical (unpaired) electrons. The lowest BCUT2D eigenvalue weighted by molar-refractivity contribution is 0.282. The zero-order valence-corrected chi connectivity index (χ0v) is 11.9. The van der Waals surface area contributed by atoms with Crippen molar-refractivity contribution in [2.45, 2.75) is 45.4 Å². The summed E-state index contributed by atoms with van der Waals surface area (Å²) in [6.45, 7) is 4.59. The third-order valence-electron chi connectivity index (χ3n) is 3.74. The normalized spacial score (nSPS) is 17.5. The van der Waals surface area contributed by atoms with Gasteiger partial charge in [0, 0.05) is 12.1 Å². The van der Waals surface area contributed by atoms with Crippen molar-refractivity contribution in [3.8, 4) is 5.75 Å². The molecular formula is C15H20N4O. The van der Waals surface area contributed by atoms with Crippen LogP contribution in [-0.2, 0) is 13.0 Å².